The molecule has 1 fully saturated rings. The number of anilines is 1. The number of hydrogen-bond donors (Lipinski definition) is 1. The van der Waals surface area contributed by atoms with Crippen LogP contribution >= 0.6 is 11.8 Å². The Morgan fingerprint density at radius 1 is 1.69 bits per heavy atom. The molecule has 0 atom stereocenters. The van der Waals surface area contributed by atoms with E-state index in [-0.39, 0.29) is 0 Å². The number of aromatic nitrogens is 2. The van der Waals surface area contributed by atoms with Crippen LogP contribution in [-0.4, -0.2) is 27.3 Å². The maximum absolute atomic E-state index is 4.11. The van der Waals surface area contributed by atoms with Gasteiger partial charge >= 0.3 is 0 Å². The first-order chi connectivity index (χ1) is 6.24. The average molecular weight is 197 g/mol. The van der Waals surface area contributed by atoms with Crippen molar-refractivity contribution in [2.24, 2.45) is 7.05 Å². The largest absolute Gasteiger partial charge is 0.381 e. The van der Waals surface area contributed by atoms with Gasteiger partial charge in [-0.2, -0.15) is 16.9 Å². The van der Waals surface area contributed by atoms with Crippen molar-refractivity contribution in [3.63, 3.8) is 0 Å². The van der Waals surface area contributed by atoms with E-state index >= 15 is 0 Å². The monoisotopic (exact) mass is 197 g/mol. The molecular formula is C9H15N3S. The summed E-state index contributed by atoms with van der Waals surface area (Å²) in [5, 5.41) is 7.53. The topological polar surface area (TPSA) is 29.9 Å². The predicted molar refractivity (Wildman–Crippen MR) is 57.2 cm³/mol. The Kier molecular flexibility index (Phi) is 2.24. The summed E-state index contributed by atoms with van der Waals surface area (Å²) in [4.78, 5) is 0. The van der Waals surface area contributed by atoms with Crippen molar-refractivity contribution in [3.05, 3.63) is 12.4 Å². The van der Waals surface area contributed by atoms with Gasteiger partial charge in [0, 0.05) is 24.5 Å². The minimum Gasteiger partial charge on any atom is -0.381 e. The molecule has 72 valence electrons. The van der Waals surface area contributed by atoms with E-state index < -0.39 is 0 Å². The Morgan fingerprint density at radius 3 is 2.92 bits per heavy atom. The molecule has 0 bridgehead atoms. The molecular weight excluding hydrogens is 182 g/mol. The van der Waals surface area contributed by atoms with E-state index in [9.17, 15) is 0 Å². The molecule has 0 unspecified atom stereocenters. The number of thioether (sulfide) groups is 1. The lowest BCUT2D eigenvalue weighted by atomic mass is 10.4. The summed E-state index contributed by atoms with van der Waals surface area (Å²) in [5.41, 5.74) is 1.13. The third-order valence-corrected chi connectivity index (χ3v) is 3.98. The van der Waals surface area contributed by atoms with Crippen LogP contribution in [-0.2, 0) is 7.05 Å². The molecule has 1 N–H and O–H groups in total. The van der Waals surface area contributed by atoms with E-state index in [2.05, 4.69) is 16.7 Å². The van der Waals surface area contributed by atoms with Gasteiger partial charge in [0.25, 0.3) is 0 Å². The Labute approximate surface area is 82.9 Å². The zero-order chi connectivity index (χ0) is 9.31. The molecule has 1 aliphatic carbocycles. The number of nitrogens with zero attached hydrogens (tertiary/aromatic N) is 2. The molecule has 1 aromatic heterocycles. The Hall–Kier alpha value is -0.640. The molecule has 1 heterocycles. The number of hydrogen-bond acceptors (Lipinski definition) is 3. The summed E-state index contributed by atoms with van der Waals surface area (Å²) >= 11 is 1.97. The van der Waals surface area contributed by atoms with Crippen LogP contribution in [0.15, 0.2) is 12.4 Å². The molecule has 0 aromatic carbocycles. The van der Waals surface area contributed by atoms with E-state index in [1.807, 2.05) is 35.9 Å². The Balaban J connectivity index is 1.86. The predicted octanol–water partition coefficient (Wildman–Crippen LogP) is 1.73. The van der Waals surface area contributed by atoms with Gasteiger partial charge in [-0.3, -0.25) is 4.68 Å². The fourth-order valence-corrected chi connectivity index (χ4v) is 2.09. The molecule has 3 nitrogen and oxygen atoms in total. The van der Waals surface area contributed by atoms with Gasteiger partial charge in [-0.1, -0.05) is 0 Å². The SMILES string of the molecule is CSC1(CNc2cnn(C)c2)CC1. The van der Waals surface area contributed by atoms with Crippen LogP contribution < -0.4 is 5.32 Å². The zero-order valence-corrected chi connectivity index (χ0v) is 8.90. The van der Waals surface area contributed by atoms with Crippen molar-refractivity contribution in [1.82, 2.24) is 9.78 Å². The summed E-state index contributed by atoms with van der Waals surface area (Å²) in [6.45, 7) is 1.07. The van der Waals surface area contributed by atoms with Crippen molar-refractivity contribution in [2.45, 2.75) is 17.6 Å². The summed E-state index contributed by atoms with van der Waals surface area (Å²) in [6, 6.07) is 0. The lowest BCUT2D eigenvalue weighted by Crippen LogP contribution is -2.16. The van der Waals surface area contributed by atoms with Gasteiger partial charge in [0.2, 0.25) is 0 Å². The first-order valence-corrected chi connectivity index (χ1v) is 5.74. The van der Waals surface area contributed by atoms with E-state index in [0.29, 0.717) is 4.75 Å². The third kappa shape index (κ3) is 1.99. The highest BCUT2D eigenvalue weighted by atomic mass is 32.2. The molecule has 1 saturated carbocycles. The molecule has 0 aliphatic heterocycles. The van der Waals surface area contributed by atoms with E-state index in [1.54, 1.807) is 0 Å². The molecule has 1 aliphatic rings. The van der Waals surface area contributed by atoms with Crippen LogP contribution in [0.1, 0.15) is 12.8 Å². The second-order valence-electron chi connectivity index (χ2n) is 3.64. The van der Waals surface area contributed by atoms with Gasteiger partial charge in [-0.15, -0.1) is 0 Å². The van der Waals surface area contributed by atoms with Gasteiger partial charge in [0.1, 0.15) is 0 Å². The van der Waals surface area contributed by atoms with Crippen molar-refractivity contribution in [1.29, 1.82) is 0 Å². The fourth-order valence-electron chi connectivity index (χ4n) is 1.37. The van der Waals surface area contributed by atoms with Crippen molar-refractivity contribution in [2.75, 3.05) is 18.1 Å². The fraction of sp³-hybridized carbons (Fsp3) is 0.667. The number of rotatable bonds is 4. The highest BCUT2D eigenvalue weighted by Crippen LogP contribution is 2.46. The van der Waals surface area contributed by atoms with Crippen molar-refractivity contribution >= 4 is 17.4 Å². The van der Waals surface area contributed by atoms with Gasteiger partial charge in [0.05, 0.1) is 11.9 Å². The van der Waals surface area contributed by atoms with Crippen molar-refractivity contribution in [3.8, 4) is 0 Å². The highest BCUT2D eigenvalue weighted by molar-refractivity contribution is 8.00. The number of nitrogens with one attached hydrogen (secondary N) is 1. The molecule has 1 aromatic rings. The molecule has 4 heteroatoms. The quantitative estimate of drug-likeness (QED) is 0.797. The first kappa shape index (κ1) is 8.94. The molecule has 13 heavy (non-hydrogen) atoms. The third-order valence-electron chi connectivity index (χ3n) is 2.56. The Morgan fingerprint density at radius 2 is 2.46 bits per heavy atom. The standard InChI is InChI=1S/C9H15N3S/c1-12-6-8(5-11-12)10-7-9(13-2)3-4-9/h5-6,10H,3-4,7H2,1-2H3. The number of aryl methyl sites for hydroxylation is 1. The minimum atomic E-state index is 0.524. The Bertz CT molecular complexity index is 291. The van der Waals surface area contributed by atoms with E-state index in [1.165, 1.54) is 12.8 Å². The van der Waals surface area contributed by atoms with Crippen molar-refractivity contribution < 1.29 is 0 Å². The normalized spacial score (nSPS) is 18.6. The summed E-state index contributed by atoms with van der Waals surface area (Å²) < 4.78 is 2.34. The van der Waals surface area contributed by atoms with Crippen LogP contribution in [0, 0.1) is 0 Å². The maximum atomic E-state index is 4.11. The zero-order valence-electron chi connectivity index (χ0n) is 8.08. The summed E-state index contributed by atoms with van der Waals surface area (Å²) in [6.07, 6.45) is 8.77. The highest BCUT2D eigenvalue weighted by Gasteiger charge is 2.41. The smallest absolute Gasteiger partial charge is 0.0726 e. The molecule has 0 radical (unpaired) electrons. The lowest BCUT2D eigenvalue weighted by molar-refractivity contribution is 0.768. The van der Waals surface area contributed by atoms with Crippen LogP contribution in [0.4, 0.5) is 5.69 Å². The maximum Gasteiger partial charge on any atom is 0.0726 e. The second kappa shape index (κ2) is 3.25. The molecule has 0 saturated heterocycles. The van der Waals surface area contributed by atoms with Gasteiger partial charge < -0.3 is 5.32 Å². The van der Waals surface area contributed by atoms with Crippen LogP contribution in [0.5, 0.6) is 0 Å². The van der Waals surface area contributed by atoms with Gasteiger partial charge in [0.15, 0.2) is 0 Å². The average Bonchev–Trinajstić information content (AvgIpc) is 2.81. The van der Waals surface area contributed by atoms with Gasteiger partial charge in [-0.25, -0.2) is 0 Å². The second-order valence-corrected chi connectivity index (χ2v) is 4.92. The summed E-state index contributed by atoms with van der Waals surface area (Å²) in [5.74, 6) is 0. The summed E-state index contributed by atoms with van der Waals surface area (Å²) in [7, 11) is 1.94. The molecule has 0 amide bonds. The first-order valence-electron chi connectivity index (χ1n) is 4.52. The van der Waals surface area contributed by atoms with E-state index in [0.717, 1.165) is 12.2 Å². The van der Waals surface area contributed by atoms with E-state index in [4.69, 9.17) is 0 Å². The van der Waals surface area contributed by atoms with Crippen LogP contribution in [0.25, 0.3) is 0 Å². The molecule has 0 spiro atoms. The minimum absolute atomic E-state index is 0.524. The molecule has 2 rings (SSSR count). The van der Waals surface area contributed by atoms with Gasteiger partial charge in [-0.05, 0) is 19.1 Å². The van der Waals surface area contributed by atoms with Crippen LogP contribution in [0.3, 0.4) is 0 Å². The lowest BCUT2D eigenvalue weighted by Gasteiger charge is -2.12. The van der Waals surface area contributed by atoms with Crippen LogP contribution in [0.2, 0.25) is 0 Å².